The van der Waals surface area contributed by atoms with Gasteiger partial charge >= 0.3 is 6.03 Å². The number of benzene rings is 2. The highest BCUT2D eigenvalue weighted by molar-refractivity contribution is 6.09. The second-order valence-electron chi connectivity index (χ2n) is 8.37. The maximum absolute atomic E-state index is 13.0. The predicted molar refractivity (Wildman–Crippen MR) is 126 cm³/mol. The van der Waals surface area contributed by atoms with E-state index in [1.807, 2.05) is 49.4 Å². The van der Waals surface area contributed by atoms with Gasteiger partial charge in [0.25, 0.3) is 5.91 Å². The first-order valence-electron chi connectivity index (χ1n) is 10.9. The number of hydrogen-bond donors (Lipinski definition) is 2. The molecule has 2 aromatic carbocycles. The van der Waals surface area contributed by atoms with Gasteiger partial charge in [0.2, 0.25) is 11.8 Å². The molecule has 2 heterocycles. The van der Waals surface area contributed by atoms with Crippen LogP contribution in [0.5, 0.6) is 5.88 Å². The smallest absolute Gasteiger partial charge is 0.325 e. The zero-order valence-electron chi connectivity index (χ0n) is 19.1. The van der Waals surface area contributed by atoms with Gasteiger partial charge in [0.05, 0.1) is 0 Å². The van der Waals surface area contributed by atoms with E-state index in [0.717, 1.165) is 21.6 Å². The van der Waals surface area contributed by atoms with Gasteiger partial charge in [-0.2, -0.15) is 0 Å². The minimum absolute atomic E-state index is 0.210. The number of pyridine rings is 1. The molecule has 8 heteroatoms. The van der Waals surface area contributed by atoms with Crippen molar-refractivity contribution in [3.8, 4) is 5.88 Å². The van der Waals surface area contributed by atoms with Crippen molar-refractivity contribution in [1.82, 2.24) is 20.5 Å². The van der Waals surface area contributed by atoms with Crippen LogP contribution in [0.3, 0.4) is 0 Å². The van der Waals surface area contributed by atoms with Crippen LogP contribution in [-0.4, -0.2) is 34.3 Å². The van der Waals surface area contributed by atoms with Crippen molar-refractivity contribution in [2.75, 3.05) is 6.54 Å². The molecule has 0 saturated carbocycles. The molecular formula is C26H26N4O4. The molecule has 0 bridgehead atoms. The number of hydrogen-bond acceptors (Lipinski definition) is 5. The van der Waals surface area contributed by atoms with Gasteiger partial charge in [-0.3, -0.25) is 14.5 Å². The van der Waals surface area contributed by atoms with Crippen LogP contribution in [0.1, 0.15) is 29.2 Å². The van der Waals surface area contributed by atoms with Gasteiger partial charge < -0.3 is 15.4 Å². The lowest BCUT2D eigenvalue weighted by atomic mass is 9.91. The Hall–Kier alpha value is -4.20. The van der Waals surface area contributed by atoms with Gasteiger partial charge in [-0.25, -0.2) is 9.78 Å². The number of nitrogens with zero attached hydrogens (tertiary/aromatic N) is 2. The zero-order chi connectivity index (χ0) is 24.1. The van der Waals surface area contributed by atoms with Crippen molar-refractivity contribution in [2.24, 2.45) is 0 Å². The third-order valence-corrected chi connectivity index (χ3v) is 5.72. The van der Waals surface area contributed by atoms with Crippen LogP contribution in [0.25, 0.3) is 0 Å². The third-order valence-electron chi connectivity index (χ3n) is 5.72. The third kappa shape index (κ3) is 5.06. The van der Waals surface area contributed by atoms with Crippen LogP contribution in [-0.2, 0) is 28.3 Å². The summed E-state index contributed by atoms with van der Waals surface area (Å²) in [6.45, 7) is 3.81. The summed E-state index contributed by atoms with van der Waals surface area (Å²) in [5.41, 5.74) is 2.31. The summed E-state index contributed by atoms with van der Waals surface area (Å²) in [5, 5.41) is 5.46. The second-order valence-corrected chi connectivity index (χ2v) is 8.37. The topological polar surface area (TPSA) is 101 Å². The van der Waals surface area contributed by atoms with Crippen molar-refractivity contribution in [3.05, 3.63) is 95.2 Å². The fraction of sp³-hybridized carbons (Fsp3) is 0.231. The number of amides is 4. The molecule has 0 aliphatic carbocycles. The Balaban J connectivity index is 1.33. The van der Waals surface area contributed by atoms with Crippen molar-refractivity contribution >= 4 is 17.8 Å². The van der Waals surface area contributed by atoms with E-state index in [9.17, 15) is 14.4 Å². The van der Waals surface area contributed by atoms with Gasteiger partial charge in [0.15, 0.2) is 0 Å². The van der Waals surface area contributed by atoms with E-state index in [1.165, 1.54) is 0 Å². The minimum Gasteiger partial charge on any atom is -0.473 e. The molecule has 3 aromatic rings. The quantitative estimate of drug-likeness (QED) is 0.506. The van der Waals surface area contributed by atoms with E-state index in [-0.39, 0.29) is 13.1 Å². The van der Waals surface area contributed by atoms with Crippen molar-refractivity contribution < 1.29 is 19.1 Å². The SMILES string of the molecule is Cc1ccc(C2(C)NC(=O)N(CC(=O)NCc3ccnc(OCc4ccccc4)c3)C2=O)cc1. The van der Waals surface area contributed by atoms with E-state index in [0.29, 0.717) is 18.1 Å². The Morgan fingerprint density at radius 3 is 2.53 bits per heavy atom. The molecule has 4 rings (SSSR count). The van der Waals surface area contributed by atoms with E-state index in [4.69, 9.17) is 4.74 Å². The summed E-state index contributed by atoms with van der Waals surface area (Å²) in [6, 6.07) is 20.0. The summed E-state index contributed by atoms with van der Waals surface area (Å²) < 4.78 is 5.72. The number of aryl methyl sites for hydroxylation is 1. The molecule has 1 atom stereocenters. The lowest BCUT2D eigenvalue weighted by Crippen LogP contribution is -2.43. The number of ether oxygens (including phenoxy) is 1. The lowest BCUT2D eigenvalue weighted by molar-refractivity contribution is -0.134. The standard InChI is InChI=1S/C26H26N4O4/c1-18-8-10-21(11-9-18)26(2)24(32)30(25(33)29-26)16-22(31)28-15-20-12-13-27-23(14-20)34-17-19-6-4-3-5-7-19/h3-14H,15-17H2,1-2H3,(H,28,31)(H,29,33). The van der Waals surface area contributed by atoms with E-state index < -0.39 is 23.4 Å². The van der Waals surface area contributed by atoms with Crippen LogP contribution in [0, 0.1) is 6.92 Å². The van der Waals surface area contributed by atoms with Crippen LogP contribution in [0.15, 0.2) is 72.9 Å². The van der Waals surface area contributed by atoms with Crippen LogP contribution in [0.4, 0.5) is 4.79 Å². The number of imide groups is 1. The molecule has 1 aromatic heterocycles. The molecule has 0 radical (unpaired) electrons. The van der Waals surface area contributed by atoms with Gasteiger partial charge in [-0.05, 0) is 36.6 Å². The number of aromatic nitrogens is 1. The molecule has 1 saturated heterocycles. The molecule has 2 N–H and O–H groups in total. The van der Waals surface area contributed by atoms with Crippen molar-refractivity contribution in [1.29, 1.82) is 0 Å². The van der Waals surface area contributed by atoms with E-state index in [1.54, 1.807) is 37.4 Å². The Bertz CT molecular complexity index is 1200. The van der Waals surface area contributed by atoms with E-state index in [2.05, 4.69) is 15.6 Å². The fourth-order valence-corrected chi connectivity index (χ4v) is 3.69. The highest BCUT2D eigenvalue weighted by Crippen LogP contribution is 2.28. The van der Waals surface area contributed by atoms with Crippen LogP contribution < -0.4 is 15.4 Å². The van der Waals surface area contributed by atoms with Crippen molar-refractivity contribution in [3.63, 3.8) is 0 Å². The average molecular weight is 459 g/mol. The predicted octanol–water partition coefficient (Wildman–Crippen LogP) is 3.05. The zero-order valence-corrected chi connectivity index (χ0v) is 19.1. The van der Waals surface area contributed by atoms with Gasteiger partial charge in [0.1, 0.15) is 18.7 Å². The summed E-state index contributed by atoms with van der Waals surface area (Å²) in [4.78, 5) is 43.1. The minimum atomic E-state index is -1.21. The number of urea groups is 1. The number of nitrogens with one attached hydrogen (secondary N) is 2. The molecule has 174 valence electrons. The fourth-order valence-electron chi connectivity index (χ4n) is 3.69. The lowest BCUT2D eigenvalue weighted by Gasteiger charge is -2.22. The summed E-state index contributed by atoms with van der Waals surface area (Å²) in [6.07, 6.45) is 1.60. The monoisotopic (exact) mass is 458 g/mol. The maximum atomic E-state index is 13.0. The average Bonchev–Trinajstić information content (AvgIpc) is 3.06. The van der Waals surface area contributed by atoms with Crippen molar-refractivity contribution in [2.45, 2.75) is 32.5 Å². The maximum Gasteiger partial charge on any atom is 0.325 e. The molecule has 0 spiro atoms. The van der Waals surface area contributed by atoms with Gasteiger partial charge in [-0.15, -0.1) is 0 Å². The van der Waals surface area contributed by atoms with Crippen LogP contribution >= 0.6 is 0 Å². The molecule has 4 amide bonds. The molecule has 1 aliphatic rings. The Morgan fingerprint density at radius 1 is 1.06 bits per heavy atom. The second kappa shape index (κ2) is 9.74. The molecule has 1 aliphatic heterocycles. The Kier molecular flexibility index (Phi) is 6.58. The normalized spacial score (nSPS) is 17.4. The molecular weight excluding hydrogens is 432 g/mol. The summed E-state index contributed by atoms with van der Waals surface area (Å²) in [5.74, 6) is -0.462. The highest BCUT2D eigenvalue weighted by atomic mass is 16.5. The highest BCUT2D eigenvalue weighted by Gasteiger charge is 2.49. The number of carbonyl (C=O) groups excluding carboxylic acids is 3. The summed E-state index contributed by atoms with van der Waals surface area (Å²) in [7, 11) is 0. The first-order chi connectivity index (χ1) is 16.3. The first kappa shape index (κ1) is 23.0. The number of carbonyl (C=O) groups is 3. The molecule has 8 nitrogen and oxygen atoms in total. The van der Waals surface area contributed by atoms with E-state index >= 15 is 0 Å². The largest absolute Gasteiger partial charge is 0.473 e. The van der Waals surface area contributed by atoms with Crippen LogP contribution in [0.2, 0.25) is 0 Å². The molecule has 1 fully saturated rings. The number of rotatable bonds is 8. The Labute approximate surface area is 198 Å². The van der Waals surface area contributed by atoms with Gasteiger partial charge in [-0.1, -0.05) is 60.2 Å². The molecule has 34 heavy (non-hydrogen) atoms. The first-order valence-corrected chi connectivity index (χ1v) is 10.9. The summed E-state index contributed by atoms with van der Waals surface area (Å²) >= 11 is 0. The Morgan fingerprint density at radius 2 is 1.79 bits per heavy atom. The van der Waals surface area contributed by atoms with Gasteiger partial charge in [0, 0.05) is 18.8 Å². The molecule has 1 unspecified atom stereocenters.